The van der Waals surface area contributed by atoms with Crippen molar-refractivity contribution in [3.63, 3.8) is 0 Å². The molecule has 0 unspecified atom stereocenters. The molecule has 0 fully saturated rings. The number of hydrogen-bond acceptors (Lipinski definition) is 8. The van der Waals surface area contributed by atoms with Crippen molar-refractivity contribution in [2.24, 2.45) is 0 Å². The Morgan fingerprint density at radius 2 is 1.79 bits per heavy atom. The lowest BCUT2D eigenvalue weighted by Crippen LogP contribution is -2.13. The highest BCUT2D eigenvalue weighted by Crippen LogP contribution is 2.25. The van der Waals surface area contributed by atoms with Gasteiger partial charge in [-0.05, 0) is 58.5 Å². The van der Waals surface area contributed by atoms with Gasteiger partial charge < -0.3 is 4.74 Å². The molecular weight excluding hydrogens is 462 g/mol. The van der Waals surface area contributed by atoms with Gasteiger partial charge in [0.05, 0.1) is 16.3 Å². The molecule has 0 radical (unpaired) electrons. The molecule has 0 saturated heterocycles. The van der Waals surface area contributed by atoms with E-state index in [0.717, 1.165) is 5.56 Å². The molecule has 33 heavy (non-hydrogen) atoms. The Morgan fingerprint density at radius 3 is 2.52 bits per heavy atom. The highest BCUT2D eigenvalue weighted by Gasteiger charge is 2.15. The second kappa shape index (κ2) is 9.84. The van der Waals surface area contributed by atoms with Crippen molar-refractivity contribution in [2.75, 3.05) is 4.72 Å². The van der Waals surface area contributed by atoms with Crippen LogP contribution in [0.4, 0.5) is 5.69 Å². The van der Waals surface area contributed by atoms with Gasteiger partial charge in [0.2, 0.25) is 5.16 Å². The van der Waals surface area contributed by atoms with E-state index in [4.69, 9.17) is 4.74 Å². The summed E-state index contributed by atoms with van der Waals surface area (Å²) >= 11 is 1.42. The van der Waals surface area contributed by atoms with E-state index in [2.05, 4.69) is 20.2 Å². The quantitative estimate of drug-likeness (QED) is 0.230. The zero-order chi connectivity index (χ0) is 23.3. The van der Waals surface area contributed by atoms with Crippen LogP contribution in [0.1, 0.15) is 12.5 Å². The fraction of sp³-hybridized carbons (Fsp3) is 0.0909. The van der Waals surface area contributed by atoms with E-state index in [1.807, 2.05) is 12.1 Å². The topological polar surface area (TPSA) is 116 Å². The number of nitrogens with one attached hydrogen (secondary N) is 1. The minimum absolute atomic E-state index is 0.175. The van der Waals surface area contributed by atoms with Crippen LogP contribution in [0.5, 0.6) is 5.75 Å². The standard InChI is InChI=1S/C22H19N5O4S2/c1-16(28)31-20-12-10-17(11-13-20)15-32-22-23-25-26-27(22)19-7-5-6-18(14-19)24-33(29,30)21-8-3-2-4-9-21/h2-14,24H,15H2,1H3. The average molecular weight is 482 g/mol. The fourth-order valence-corrected chi connectivity index (χ4v) is 4.83. The third-order valence-electron chi connectivity index (χ3n) is 4.39. The number of esters is 1. The molecule has 168 valence electrons. The van der Waals surface area contributed by atoms with Gasteiger partial charge in [-0.1, -0.05) is 48.2 Å². The number of benzene rings is 3. The van der Waals surface area contributed by atoms with E-state index >= 15 is 0 Å². The number of ether oxygens (including phenoxy) is 1. The van der Waals surface area contributed by atoms with Gasteiger partial charge >= 0.3 is 5.97 Å². The molecule has 0 aliphatic heterocycles. The smallest absolute Gasteiger partial charge is 0.308 e. The van der Waals surface area contributed by atoms with Crippen LogP contribution in [-0.2, 0) is 20.6 Å². The largest absolute Gasteiger partial charge is 0.427 e. The molecule has 1 aromatic heterocycles. The van der Waals surface area contributed by atoms with Crippen molar-refractivity contribution in [1.29, 1.82) is 0 Å². The zero-order valence-electron chi connectivity index (χ0n) is 17.5. The summed E-state index contributed by atoms with van der Waals surface area (Å²) in [7, 11) is -3.71. The van der Waals surface area contributed by atoms with Gasteiger partial charge in [0.15, 0.2) is 0 Å². The Bertz CT molecular complexity index is 1360. The molecule has 0 atom stereocenters. The number of carbonyl (C=O) groups excluding carboxylic acids is 1. The zero-order valence-corrected chi connectivity index (χ0v) is 19.1. The molecule has 0 bridgehead atoms. The first-order valence-corrected chi connectivity index (χ1v) is 12.2. The molecule has 0 spiro atoms. The number of tetrazole rings is 1. The maximum atomic E-state index is 12.6. The van der Waals surface area contributed by atoms with Crippen LogP contribution in [0.15, 0.2) is 88.9 Å². The SMILES string of the molecule is CC(=O)Oc1ccc(CSc2nnnn2-c2cccc(NS(=O)(=O)c3ccccc3)c2)cc1. The summed E-state index contributed by atoms with van der Waals surface area (Å²) in [4.78, 5) is 11.2. The monoisotopic (exact) mass is 481 g/mol. The van der Waals surface area contributed by atoms with E-state index in [9.17, 15) is 13.2 Å². The second-order valence-corrected chi connectivity index (χ2v) is 9.49. The number of aromatic nitrogens is 4. The van der Waals surface area contributed by atoms with E-state index < -0.39 is 10.0 Å². The lowest BCUT2D eigenvalue weighted by Gasteiger charge is -2.10. The summed E-state index contributed by atoms with van der Waals surface area (Å²) in [6.45, 7) is 1.35. The van der Waals surface area contributed by atoms with Crippen LogP contribution in [0, 0.1) is 0 Å². The van der Waals surface area contributed by atoms with Crippen LogP contribution in [0.25, 0.3) is 5.69 Å². The molecule has 0 aliphatic rings. The van der Waals surface area contributed by atoms with E-state index in [1.54, 1.807) is 54.6 Å². The summed E-state index contributed by atoms with van der Waals surface area (Å²) in [6, 6.07) is 22.1. The van der Waals surface area contributed by atoms with Crippen molar-refractivity contribution < 1.29 is 17.9 Å². The van der Waals surface area contributed by atoms with Gasteiger partial charge in [0, 0.05) is 12.7 Å². The molecule has 4 aromatic rings. The minimum Gasteiger partial charge on any atom is -0.427 e. The maximum absolute atomic E-state index is 12.6. The molecular formula is C22H19N5O4S2. The Labute approximate surface area is 194 Å². The summed E-state index contributed by atoms with van der Waals surface area (Å²) in [5.41, 5.74) is 2.00. The lowest BCUT2D eigenvalue weighted by molar-refractivity contribution is -0.131. The summed E-state index contributed by atoms with van der Waals surface area (Å²) in [5.74, 6) is 0.696. The van der Waals surface area contributed by atoms with Crippen LogP contribution in [0.2, 0.25) is 0 Å². The second-order valence-electron chi connectivity index (χ2n) is 6.87. The Hall–Kier alpha value is -3.70. The van der Waals surface area contributed by atoms with E-state index in [0.29, 0.717) is 28.0 Å². The van der Waals surface area contributed by atoms with Gasteiger partial charge in [0.1, 0.15) is 5.75 Å². The van der Waals surface area contributed by atoms with Crippen LogP contribution >= 0.6 is 11.8 Å². The molecule has 4 rings (SSSR count). The predicted molar refractivity (Wildman–Crippen MR) is 124 cm³/mol. The third-order valence-corrected chi connectivity index (χ3v) is 6.78. The number of rotatable bonds is 8. The van der Waals surface area contributed by atoms with Crippen molar-refractivity contribution in [3.8, 4) is 11.4 Å². The highest BCUT2D eigenvalue weighted by molar-refractivity contribution is 7.98. The molecule has 0 saturated carbocycles. The first-order valence-electron chi connectivity index (χ1n) is 9.77. The van der Waals surface area contributed by atoms with Crippen molar-refractivity contribution in [1.82, 2.24) is 20.2 Å². The maximum Gasteiger partial charge on any atom is 0.308 e. The predicted octanol–water partition coefficient (Wildman–Crippen LogP) is 3.68. The summed E-state index contributed by atoms with van der Waals surface area (Å²) in [5, 5.41) is 12.4. The number of anilines is 1. The van der Waals surface area contributed by atoms with Crippen molar-refractivity contribution >= 4 is 33.4 Å². The number of hydrogen-bond donors (Lipinski definition) is 1. The summed E-state index contributed by atoms with van der Waals surface area (Å²) < 4.78 is 34.4. The Morgan fingerprint density at radius 1 is 1.03 bits per heavy atom. The molecule has 1 N–H and O–H groups in total. The van der Waals surface area contributed by atoms with E-state index in [1.165, 1.54) is 35.5 Å². The molecule has 9 nitrogen and oxygen atoms in total. The third kappa shape index (κ3) is 5.76. The van der Waals surface area contributed by atoms with Gasteiger partial charge in [-0.15, -0.1) is 5.10 Å². The van der Waals surface area contributed by atoms with Gasteiger partial charge in [-0.25, -0.2) is 8.42 Å². The molecule has 0 amide bonds. The Kier molecular flexibility index (Phi) is 6.71. The van der Waals surface area contributed by atoms with E-state index in [-0.39, 0.29) is 10.9 Å². The summed E-state index contributed by atoms with van der Waals surface area (Å²) in [6.07, 6.45) is 0. The lowest BCUT2D eigenvalue weighted by atomic mass is 10.2. The van der Waals surface area contributed by atoms with Crippen LogP contribution in [-0.4, -0.2) is 34.6 Å². The first-order chi connectivity index (χ1) is 15.9. The number of sulfonamides is 1. The van der Waals surface area contributed by atoms with Gasteiger partial charge in [-0.2, -0.15) is 4.68 Å². The minimum atomic E-state index is -3.71. The molecule has 11 heteroatoms. The normalized spacial score (nSPS) is 11.2. The molecule has 1 heterocycles. The number of carbonyl (C=O) groups is 1. The van der Waals surface area contributed by atoms with Gasteiger partial charge in [0.25, 0.3) is 10.0 Å². The fourth-order valence-electron chi connectivity index (χ4n) is 2.91. The Balaban J connectivity index is 1.48. The molecule has 3 aromatic carbocycles. The number of thioether (sulfide) groups is 1. The highest BCUT2D eigenvalue weighted by atomic mass is 32.2. The number of nitrogens with zero attached hydrogens (tertiary/aromatic N) is 4. The molecule has 0 aliphatic carbocycles. The first kappa shape index (κ1) is 22.5. The van der Waals surface area contributed by atoms with Crippen molar-refractivity contribution in [2.45, 2.75) is 22.7 Å². The van der Waals surface area contributed by atoms with Crippen LogP contribution in [0.3, 0.4) is 0 Å². The van der Waals surface area contributed by atoms with Gasteiger partial charge in [-0.3, -0.25) is 9.52 Å². The van der Waals surface area contributed by atoms with Crippen molar-refractivity contribution in [3.05, 3.63) is 84.4 Å². The average Bonchev–Trinajstić information content (AvgIpc) is 3.27. The van der Waals surface area contributed by atoms with Crippen LogP contribution < -0.4 is 9.46 Å².